The number of halogens is 1. The molecule has 1 fully saturated rings. The molecule has 35 heavy (non-hydrogen) atoms. The third-order valence-electron chi connectivity index (χ3n) is 6.10. The van der Waals surface area contributed by atoms with Crippen molar-refractivity contribution >= 4 is 5.91 Å². The smallest absolute Gasteiger partial charge is 0.271 e. The summed E-state index contributed by atoms with van der Waals surface area (Å²) in [7, 11) is 0. The summed E-state index contributed by atoms with van der Waals surface area (Å²) in [6, 6.07) is 15.6. The standard InChI is InChI=1S/C27H31FN4O3/c1-20-5-3-15-31(18-20)16-4-14-29-27(34)22-8-10-24(11-9-22)32-26(33)13-12-25(30-32)35-19-21-6-2-7-23(28)17-21/h2,6-13,17,20H,3-5,14-16,18-19H2,1H3,(H,29,34). The van der Waals surface area contributed by atoms with E-state index >= 15 is 0 Å². The molecule has 1 atom stereocenters. The molecule has 1 aliphatic heterocycles. The zero-order valence-electron chi connectivity index (χ0n) is 20.0. The van der Waals surface area contributed by atoms with Crippen molar-refractivity contribution in [2.45, 2.75) is 32.8 Å². The van der Waals surface area contributed by atoms with Crippen LogP contribution < -0.4 is 15.6 Å². The van der Waals surface area contributed by atoms with Crippen LogP contribution in [0.15, 0.2) is 65.5 Å². The van der Waals surface area contributed by atoms with Gasteiger partial charge in [0.15, 0.2) is 0 Å². The number of likely N-dealkylation sites (tertiary alicyclic amines) is 1. The number of piperidine rings is 1. The average molecular weight is 479 g/mol. The topological polar surface area (TPSA) is 76.5 Å². The van der Waals surface area contributed by atoms with Gasteiger partial charge in [0.1, 0.15) is 12.4 Å². The molecular formula is C27H31FN4O3. The fourth-order valence-electron chi connectivity index (χ4n) is 4.29. The van der Waals surface area contributed by atoms with Crippen molar-refractivity contribution in [1.82, 2.24) is 20.0 Å². The number of carbonyl (C=O) groups excluding carboxylic acids is 1. The molecule has 8 heteroatoms. The number of benzene rings is 2. The van der Waals surface area contributed by atoms with Gasteiger partial charge in [0.2, 0.25) is 5.88 Å². The van der Waals surface area contributed by atoms with Gasteiger partial charge in [-0.1, -0.05) is 19.1 Å². The van der Waals surface area contributed by atoms with Crippen LogP contribution in [-0.4, -0.2) is 46.8 Å². The number of nitrogens with one attached hydrogen (secondary N) is 1. The van der Waals surface area contributed by atoms with Gasteiger partial charge in [-0.25, -0.2) is 4.39 Å². The molecule has 4 rings (SSSR count). The number of rotatable bonds is 9. The Morgan fingerprint density at radius 3 is 2.77 bits per heavy atom. The van der Waals surface area contributed by atoms with E-state index in [9.17, 15) is 14.0 Å². The van der Waals surface area contributed by atoms with Gasteiger partial charge in [0.25, 0.3) is 11.5 Å². The zero-order chi connectivity index (χ0) is 24.6. The van der Waals surface area contributed by atoms with Crippen LogP contribution in [0.1, 0.15) is 42.1 Å². The molecule has 0 bridgehead atoms. The quantitative estimate of drug-likeness (QED) is 0.474. The molecule has 7 nitrogen and oxygen atoms in total. The van der Waals surface area contributed by atoms with Crippen molar-refractivity contribution in [3.63, 3.8) is 0 Å². The lowest BCUT2D eigenvalue weighted by molar-refractivity contribution is 0.0950. The Morgan fingerprint density at radius 1 is 1.17 bits per heavy atom. The highest BCUT2D eigenvalue weighted by Gasteiger charge is 2.15. The fraction of sp³-hybridized carbons (Fsp3) is 0.370. The van der Waals surface area contributed by atoms with Crippen molar-refractivity contribution in [1.29, 1.82) is 0 Å². The molecule has 184 valence electrons. The molecule has 1 saturated heterocycles. The van der Waals surface area contributed by atoms with Gasteiger partial charge >= 0.3 is 0 Å². The van der Waals surface area contributed by atoms with Crippen LogP contribution in [0, 0.1) is 11.7 Å². The first-order valence-electron chi connectivity index (χ1n) is 12.1. The maximum atomic E-state index is 13.4. The van der Waals surface area contributed by atoms with Gasteiger partial charge in [0.05, 0.1) is 5.69 Å². The van der Waals surface area contributed by atoms with Gasteiger partial charge in [-0.05, 0) is 80.2 Å². The molecule has 0 aliphatic carbocycles. The van der Waals surface area contributed by atoms with E-state index in [0.717, 1.165) is 32.0 Å². The molecule has 1 N–H and O–H groups in total. The van der Waals surface area contributed by atoms with Crippen LogP contribution in [0.5, 0.6) is 5.88 Å². The van der Waals surface area contributed by atoms with E-state index in [0.29, 0.717) is 23.4 Å². The van der Waals surface area contributed by atoms with Crippen LogP contribution in [0.4, 0.5) is 4.39 Å². The summed E-state index contributed by atoms with van der Waals surface area (Å²) in [5, 5.41) is 7.22. The van der Waals surface area contributed by atoms with E-state index in [1.165, 1.54) is 41.8 Å². The second kappa shape index (κ2) is 11.8. The normalized spacial score (nSPS) is 16.1. The molecule has 1 aromatic heterocycles. The van der Waals surface area contributed by atoms with Gasteiger partial charge in [-0.15, -0.1) is 5.10 Å². The van der Waals surface area contributed by atoms with Crippen LogP contribution in [0.3, 0.4) is 0 Å². The predicted molar refractivity (Wildman–Crippen MR) is 132 cm³/mol. The van der Waals surface area contributed by atoms with Crippen molar-refractivity contribution in [2.24, 2.45) is 5.92 Å². The number of aromatic nitrogens is 2. The molecule has 0 spiro atoms. The third kappa shape index (κ3) is 6.99. The Labute approximate surface area is 204 Å². The van der Waals surface area contributed by atoms with Gasteiger partial charge in [0, 0.05) is 30.8 Å². The third-order valence-corrected chi connectivity index (χ3v) is 6.10. The van der Waals surface area contributed by atoms with Crippen molar-refractivity contribution < 1.29 is 13.9 Å². The molecule has 0 radical (unpaired) electrons. The van der Waals surface area contributed by atoms with Gasteiger partial charge in [-0.2, -0.15) is 4.68 Å². The van der Waals surface area contributed by atoms with Gasteiger partial charge < -0.3 is 15.0 Å². The largest absolute Gasteiger partial charge is 0.472 e. The minimum atomic E-state index is -0.343. The predicted octanol–water partition coefficient (Wildman–Crippen LogP) is 3.80. The lowest BCUT2D eigenvalue weighted by Crippen LogP contribution is -2.36. The minimum absolute atomic E-state index is 0.124. The lowest BCUT2D eigenvalue weighted by Gasteiger charge is -2.30. The SMILES string of the molecule is CC1CCCN(CCCNC(=O)c2ccc(-n3nc(OCc4cccc(F)c4)ccc3=O)cc2)C1. The monoisotopic (exact) mass is 478 g/mol. The maximum absolute atomic E-state index is 13.4. The van der Waals surface area contributed by atoms with E-state index in [1.807, 2.05) is 0 Å². The number of hydrogen-bond donors (Lipinski definition) is 1. The number of amides is 1. The first kappa shape index (κ1) is 24.6. The first-order chi connectivity index (χ1) is 17.0. The highest BCUT2D eigenvalue weighted by Crippen LogP contribution is 2.15. The van der Waals surface area contributed by atoms with E-state index in [4.69, 9.17) is 4.74 Å². The van der Waals surface area contributed by atoms with Crippen LogP contribution in [-0.2, 0) is 6.61 Å². The Bertz CT molecular complexity index is 1200. The lowest BCUT2D eigenvalue weighted by atomic mass is 10.0. The number of hydrogen-bond acceptors (Lipinski definition) is 5. The highest BCUT2D eigenvalue weighted by atomic mass is 19.1. The van der Waals surface area contributed by atoms with E-state index in [-0.39, 0.29) is 29.8 Å². The molecule has 2 heterocycles. The summed E-state index contributed by atoms with van der Waals surface area (Å²) < 4.78 is 20.2. The molecule has 3 aromatic rings. The summed E-state index contributed by atoms with van der Waals surface area (Å²) in [5.74, 6) is 0.499. The van der Waals surface area contributed by atoms with Crippen LogP contribution in [0.25, 0.3) is 5.69 Å². The highest BCUT2D eigenvalue weighted by molar-refractivity contribution is 5.94. The molecule has 1 amide bonds. The summed E-state index contributed by atoms with van der Waals surface area (Å²) in [6.07, 6.45) is 3.47. The van der Waals surface area contributed by atoms with E-state index < -0.39 is 0 Å². The maximum Gasteiger partial charge on any atom is 0.271 e. The number of carbonyl (C=O) groups is 1. The van der Waals surface area contributed by atoms with Crippen molar-refractivity contribution in [3.05, 3.63) is 88.0 Å². The summed E-state index contributed by atoms with van der Waals surface area (Å²) in [6.45, 7) is 6.31. The Balaban J connectivity index is 1.31. The average Bonchev–Trinajstić information content (AvgIpc) is 2.86. The molecule has 0 saturated carbocycles. The Morgan fingerprint density at radius 2 is 2.00 bits per heavy atom. The molecular weight excluding hydrogens is 447 g/mol. The molecule has 1 unspecified atom stereocenters. The second-order valence-electron chi connectivity index (χ2n) is 9.04. The molecule has 1 aliphatic rings. The Hall–Kier alpha value is -3.52. The second-order valence-corrected chi connectivity index (χ2v) is 9.04. The summed E-state index contributed by atoms with van der Waals surface area (Å²) >= 11 is 0. The zero-order valence-corrected chi connectivity index (χ0v) is 20.0. The number of nitrogens with zero attached hydrogens (tertiary/aromatic N) is 3. The summed E-state index contributed by atoms with van der Waals surface area (Å²) in [5.41, 5.74) is 1.37. The Kier molecular flexibility index (Phi) is 8.26. The van der Waals surface area contributed by atoms with Crippen molar-refractivity contribution in [3.8, 4) is 11.6 Å². The minimum Gasteiger partial charge on any atom is -0.472 e. The van der Waals surface area contributed by atoms with E-state index in [2.05, 4.69) is 22.2 Å². The van der Waals surface area contributed by atoms with Gasteiger partial charge in [-0.3, -0.25) is 9.59 Å². The fourth-order valence-corrected chi connectivity index (χ4v) is 4.29. The molecule has 2 aromatic carbocycles. The van der Waals surface area contributed by atoms with Crippen molar-refractivity contribution in [2.75, 3.05) is 26.2 Å². The van der Waals surface area contributed by atoms with Crippen LogP contribution in [0.2, 0.25) is 0 Å². The number of ether oxygens (including phenoxy) is 1. The first-order valence-corrected chi connectivity index (χ1v) is 12.1. The van der Waals surface area contributed by atoms with Crippen LogP contribution >= 0.6 is 0 Å². The summed E-state index contributed by atoms with van der Waals surface area (Å²) in [4.78, 5) is 27.3. The van der Waals surface area contributed by atoms with E-state index in [1.54, 1.807) is 36.4 Å².